The standard InChI is InChI=1S/C22H21F2N5O2/c23-15-5-8-20(19(24)10-15)31-17-6-3-14(4-7-17)21(26)18(12-30)22(27)28-16-2-1-9-29(11-16)13-25/h3-8,10,12,16H,1-2,9,11,26H2,(H2,27,28)/t16-/m1/s1. The predicted molar refractivity (Wildman–Crippen MR) is 112 cm³/mol. The van der Waals surface area contributed by atoms with E-state index in [4.69, 9.17) is 21.5 Å². The molecule has 4 N–H and O–H groups in total. The number of aldehydes is 1. The summed E-state index contributed by atoms with van der Waals surface area (Å²) >= 11 is 0. The van der Waals surface area contributed by atoms with E-state index in [-0.39, 0.29) is 28.9 Å². The maximum absolute atomic E-state index is 13.7. The van der Waals surface area contributed by atoms with Gasteiger partial charge in [0, 0.05) is 12.6 Å². The van der Waals surface area contributed by atoms with Crippen LogP contribution in [0.3, 0.4) is 0 Å². The lowest BCUT2D eigenvalue weighted by molar-refractivity contribution is -0.104. The third-order valence-electron chi connectivity index (χ3n) is 4.83. The second-order valence-electron chi connectivity index (χ2n) is 7.00. The molecule has 3 rings (SSSR count). The molecule has 0 radical (unpaired) electrons. The molecule has 1 saturated heterocycles. The average molecular weight is 425 g/mol. The number of nitriles is 1. The fourth-order valence-corrected chi connectivity index (χ4v) is 3.22. The minimum absolute atomic E-state index is 0.00556. The van der Waals surface area contributed by atoms with Crippen molar-refractivity contribution in [2.24, 2.45) is 16.5 Å². The van der Waals surface area contributed by atoms with Crippen LogP contribution in [0.2, 0.25) is 0 Å². The molecule has 1 atom stereocenters. The Morgan fingerprint density at radius 3 is 2.61 bits per heavy atom. The van der Waals surface area contributed by atoms with Crippen LogP contribution >= 0.6 is 0 Å². The monoisotopic (exact) mass is 425 g/mol. The van der Waals surface area contributed by atoms with E-state index in [0.717, 1.165) is 25.0 Å². The molecule has 1 heterocycles. The van der Waals surface area contributed by atoms with Crippen LogP contribution in [0.5, 0.6) is 11.5 Å². The van der Waals surface area contributed by atoms with E-state index < -0.39 is 11.6 Å². The number of benzene rings is 2. The van der Waals surface area contributed by atoms with Crippen LogP contribution in [0.15, 0.2) is 53.0 Å². The number of carbonyl (C=O) groups is 1. The molecule has 2 aromatic rings. The van der Waals surface area contributed by atoms with Gasteiger partial charge in [0.05, 0.1) is 23.9 Å². The highest BCUT2D eigenvalue weighted by Gasteiger charge is 2.20. The lowest BCUT2D eigenvalue weighted by Crippen LogP contribution is -2.35. The third-order valence-corrected chi connectivity index (χ3v) is 4.83. The van der Waals surface area contributed by atoms with Crippen molar-refractivity contribution >= 4 is 17.8 Å². The van der Waals surface area contributed by atoms with E-state index in [0.29, 0.717) is 30.7 Å². The van der Waals surface area contributed by atoms with Crippen LogP contribution in [0.25, 0.3) is 5.70 Å². The van der Waals surface area contributed by atoms with Gasteiger partial charge in [0.15, 0.2) is 24.0 Å². The van der Waals surface area contributed by atoms with Gasteiger partial charge in [-0.3, -0.25) is 9.79 Å². The van der Waals surface area contributed by atoms with Crippen LogP contribution in [-0.4, -0.2) is 36.2 Å². The van der Waals surface area contributed by atoms with Gasteiger partial charge in [0.1, 0.15) is 17.4 Å². The number of nitrogens with two attached hydrogens (primary N) is 2. The molecule has 0 bridgehead atoms. The number of carbonyl (C=O) groups excluding carboxylic acids is 1. The number of likely N-dealkylation sites (tertiary alicyclic amines) is 1. The number of ether oxygens (including phenoxy) is 1. The zero-order chi connectivity index (χ0) is 22.4. The quantitative estimate of drug-likeness (QED) is 0.242. The van der Waals surface area contributed by atoms with Gasteiger partial charge in [-0.25, -0.2) is 8.78 Å². The molecule has 2 aromatic carbocycles. The van der Waals surface area contributed by atoms with Crippen LogP contribution < -0.4 is 16.2 Å². The Labute approximate surface area is 178 Å². The van der Waals surface area contributed by atoms with Gasteiger partial charge < -0.3 is 21.1 Å². The van der Waals surface area contributed by atoms with E-state index in [1.54, 1.807) is 17.0 Å². The number of rotatable bonds is 6. The maximum atomic E-state index is 13.7. The molecular formula is C22H21F2N5O2. The van der Waals surface area contributed by atoms with Crippen molar-refractivity contribution in [3.05, 3.63) is 65.2 Å². The Kier molecular flexibility index (Phi) is 6.82. The first kappa shape index (κ1) is 21.8. The minimum atomic E-state index is -0.826. The Morgan fingerprint density at radius 1 is 1.23 bits per heavy atom. The molecule has 31 heavy (non-hydrogen) atoms. The first-order valence-corrected chi connectivity index (χ1v) is 9.58. The van der Waals surface area contributed by atoms with Gasteiger partial charge in [-0.15, -0.1) is 0 Å². The summed E-state index contributed by atoms with van der Waals surface area (Å²) in [7, 11) is 0. The Morgan fingerprint density at radius 2 is 1.97 bits per heavy atom. The van der Waals surface area contributed by atoms with E-state index >= 15 is 0 Å². The van der Waals surface area contributed by atoms with Crippen molar-refractivity contribution in [1.29, 1.82) is 5.26 Å². The smallest absolute Gasteiger partial charge is 0.179 e. The molecule has 0 aliphatic carbocycles. The maximum Gasteiger partial charge on any atom is 0.179 e. The van der Waals surface area contributed by atoms with E-state index in [1.807, 2.05) is 0 Å². The molecule has 0 saturated carbocycles. The lowest BCUT2D eigenvalue weighted by atomic mass is 10.0. The second-order valence-corrected chi connectivity index (χ2v) is 7.00. The molecule has 1 aliphatic heterocycles. The van der Waals surface area contributed by atoms with Crippen LogP contribution in [-0.2, 0) is 4.79 Å². The molecule has 1 aliphatic rings. The summed E-state index contributed by atoms with van der Waals surface area (Å²) in [5.41, 5.74) is 12.8. The van der Waals surface area contributed by atoms with Gasteiger partial charge in [0.2, 0.25) is 0 Å². The van der Waals surface area contributed by atoms with Crippen molar-refractivity contribution in [3.8, 4) is 17.7 Å². The highest BCUT2D eigenvalue weighted by atomic mass is 19.1. The summed E-state index contributed by atoms with van der Waals surface area (Å²) in [5.74, 6) is -1.34. The zero-order valence-electron chi connectivity index (χ0n) is 16.6. The molecule has 0 aromatic heterocycles. The fourth-order valence-electron chi connectivity index (χ4n) is 3.22. The number of hydrogen-bond acceptors (Lipinski definition) is 6. The summed E-state index contributed by atoms with van der Waals surface area (Å²) in [5, 5.41) is 9.04. The van der Waals surface area contributed by atoms with Gasteiger partial charge in [-0.1, -0.05) is 0 Å². The highest BCUT2D eigenvalue weighted by Crippen LogP contribution is 2.26. The SMILES string of the molecule is N#CN1CCC[C@@H](N=C(N)C(C=O)=C(N)c2ccc(Oc3ccc(F)cc3F)cc2)C1. The summed E-state index contributed by atoms with van der Waals surface area (Å²) in [4.78, 5) is 17.6. The minimum Gasteiger partial charge on any atom is -0.454 e. The molecule has 160 valence electrons. The summed E-state index contributed by atoms with van der Waals surface area (Å²) < 4.78 is 32.2. The lowest BCUT2D eigenvalue weighted by Gasteiger charge is -2.26. The Bertz CT molecular complexity index is 1060. The third kappa shape index (κ3) is 5.36. The topological polar surface area (TPSA) is 118 Å². The largest absolute Gasteiger partial charge is 0.454 e. The van der Waals surface area contributed by atoms with Crippen molar-refractivity contribution in [1.82, 2.24) is 4.90 Å². The van der Waals surface area contributed by atoms with E-state index in [9.17, 15) is 13.6 Å². The van der Waals surface area contributed by atoms with E-state index in [2.05, 4.69) is 11.2 Å². The number of nitrogens with zero attached hydrogens (tertiary/aromatic N) is 3. The molecule has 0 unspecified atom stereocenters. The van der Waals surface area contributed by atoms with Crippen molar-refractivity contribution < 1.29 is 18.3 Å². The summed E-state index contributed by atoms with van der Waals surface area (Å²) in [6.45, 7) is 1.12. The van der Waals surface area contributed by atoms with Crippen molar-refractivity contribution in [2.45, 2.75) is 18.9 Å². The van der Waals surface area contributed by atoms with Crippen molar-refractivity contribution in [2.75, 3.05) is 13.1 Å². The van der Waals surface area contributed by atoms with Gasteiger partial charge in [0.25, 0.3) is 0 Å². The first-order valence-electron chi connectivity index (χ1n) is 9.58. The molecule has 0 amide bonds. The molecule has 9 heteroatoms. The van der Waals surface area contributed by atoms with E-state index in [1.165, 1.54) is 18.2 Å². The first-order chi connectivity index (χ1) is 14.9. The van der Waals surface area contributed by atoms with Crippen LogP contribution in [0, 0.1) is 23.1 Å². The van der Waals surface area contributed by atoms with Gasteiger partial charge >= 0.3 is 0 Å². The summed E-state index contributed by atoms with van der Waals surface area (Å²) in [6.07, 6.45) is 4.20. The van der Waals surface area contributed by atoms with Crippen LogP contribution in [0.1, 0.15) is 18.4 Å². The van der Waals surface area contributed by atoms with Gasteiger partial charge in [-0.2, -0.15) is 5.26 Å². The average Bonchev–Trinajstić information content (AvgIpc) is 2.76. The highest BCUT2D eigenvalue weighted by molar-refractivity contribution is 6.18. The van der Waals surface area contributed by atoms with Crippen molar-refractivity contribution in [3.63, 3.8) is 0 Å². The number of amidine groups is 1. The number of piperidine rings is 1. The van der Waals surface area contributed by atoms with Gasteiger partial charge in [-0.05, 0) is 54.8 Å². The predicted octanol–water partition coefficient (Wildman–Crippen LogP) is 2.93. The molecule has 1 fully saturated rings. The number of aliphatic imine (C=N–C) groups is 1. The second kappa shape index (κ2) is 9.71. The Hall–Kier alpha value is -3.93. The number of halogens is 2. The fraction of sp³-hybridized carbons (Fsp3) is 0.227. The molecule has 0 spiro atoms. The van der Waals surface area contributed by atoms with Crippen LogP contribution in [0.4, 0.5) is 8.78 Å². The zero-order valence-corrected chi connectivity index (χ0v) is 16.6. The molecule has 7 nitrogen and oxygen atoms in total. The Balaban J connectivity index is 1.78. The molecular weight excluding hydrogens is 404 g/mol. The normalized spacial score (nSPS) is 17.5. The number of hydrogen-bond donors (Lipinski definition) is 2. The summed E-state index contributed by atoms with van der Waals surface area (Å²) in [6, 6.07) is 9.05.